The number of hydrogen-bond acceptors (Lipinski definition) is 3. The molecule has 0 unspecified atom stereocenters. The molecule has 0 aliphatic carbocycles. The Morgan fingerprint density at radius 2 is 1.65 bits per heavy atom. The van der Waals surface area contributed by atoms with E-state index < -0.39 is 5.91 Å². The summed E-state index contributed by atoms with van der Waals surface area (Å²) in [6, 6.07) is 28.5. The largest absolute Gasteiger partial charge is 0.324 e. The van der Waals surface area contributed by atoms with Gasteiger partial charge in [0, 0.05) is 18.2 Å². The summed E-state index contributed by atoms with van der Waals surface area (Å²) in [4.78, 5) is 16.1. The van der Waals surface area contributed by atoms with Gasteiger partial charge < -0.3 is 4.57 Å². The van der Waals surface area contributed by atoms with Gasteiger partial charge in [0.25, 0.3) is 5.91 Å². The van der Waals surface area contributed by atoms with Gasteiger partial charge in [0.1, 0.15) is 5.82 Å². The summed E-state index contributed by atoms with van der Waals surface area (Å²) in [7, 11) is 0. The van der Waals surface area contributed by atoms with Crippen molar-refractivity contribution in [1.29, 1.82) is 0 Å². The maximum atomic E-state index is 11.3. The highest BCUT2D eigenvalue weighted by molar-refractivity contribution is 5.91. The molecule has 4 rings (SSSR count). The number of nitrogens with zero attached hydrogens (tertiary/aromatic N) is 2. The van der Waals surface area contributed by atoms with Gasteiger partial charge in [-0.15, -0.1) is 0 Å². The van der Waals surface area contributed by atoms with Crippen LogP contribution in [0, 0.1) is 0 Å². The van der Waals surface area contributed by atoms with Crippen LogP contribution in [0.4, 0.5) is 0 Å². The molecule has 4 aromatic rings. The summed E-state index contributed by atoms with van der Waals surface area (Å²) in [5.41, 5.74) is 6.86. The summed E-state index contributed by atoms with van der Waals surface area (Å²) < 4.78 is 2.24. The van der Waals surface area contributed by atoms with Crippen LogP contribution in [0.25, 0.3) is 28.7 Å². The molecule has 5 nitrogen and oxygen atoms in total. The van der Waals surface area contributed by atoms with Gasteiger partial charge in [0.05, 0.1) is 11.9 Å². The average Bonchev–Trinajstić information content (AvgIpc) is 3.26. The predicted molar refractivity (Wildman–Crippen MR) is 122 cm³/mol. The van der Waals surface area contributed by atoms with E-state index in [0.29, 0.717) is 0 Å². The number of carbonyl (C=O) groups is 1. The first-order chi connectivity index (χ1) is 15.2. The molecule has 3 aromatic carbocycles. The highest BCUT2D eigenvalue weighted by atomic mass is 16.5. The Kier molecular flexibility index (Phi) is 6.35. The molecule has 1 heterocycles. The first-order valence-corrected chi connectivity index (χ1v) is 10.1. The van der Waals surface area contributed by atoms with E-state index in [1.54, 1.807) is 11.6 Å². The molecule has 0 aliphatic rings. The number of amides is 1. The smallest absolute Gasteiger partial charge is 0.267 e. The number of benzene rings is 3. The molecule has 0 aliphatic heterocycles. The minimum absolute atomic E-state index is 0.568. The number of rotatable bonds is 7. The van der Waals surface area contributed by atoms with Crippen molar-refractivity contribution in [3.63, 3.8) is 0 Å². The van der Waals surface area contributed by atoms with Gasteiger partial charge in [-0.3, -0.25) is 10.0 Å². The molecule has 0 saturated heterocycles. The first-order valence-electron chi connectivity index (χ1n) is 10.1. The molecule has 0 spiro atoms. The molecule has 0 atom stereocenters. The van der Waals surface area contributed by atoms with E-state index in [2.05, 4.69) is 41.0 Å². The first kappa shape index (κ1) is 20.3. The minimum atomic E-state index is -0.568. The fraction of sp³-hybridized carbons (Fsp3) is 0.0769. The zero-order valence-corrected chi connectivity index (χ0v) is 17.0. The molecular formula is C26H23N3O2. The lowest BCUT2D eigenvalue weighted by Crippen LogP contribution is -2.14. The Bertz CT molecular complexity index is 1180. The molecule has 2 N–H and O–H groups in total. The van der Waals surface area contributed by atoms with E-state index in [-0.39, 0.29) is 0 Å². The molecule has 0 bridgehead atoms. The van der Waals surface area contributed by atoms with Crippen LogP contribution in [0.15, 0.2) is 97.2 Å². The van der Waals surface area contributed by atoms with Crippen LogP contribution in [-0.2, 0) is 17.8 Å². The second kappa shape index (κ2) is 9.69. The monoisotopic (exact) mass is 409 g/mol. The highest BCUT2D eigenvalue weighted by Gasteiger charge is 2.14. The number of carbonyl (C=O) groups excluding carboxylic acids is 1. The van der Waals surface area contributed by atoms with Gasteiger partial charge in [-0.2, -0.15) is 0 Å². The Balaban J connectivity index is 1.71. The van der Waals surface area contributed by atoms with Crippen LogP contribution in [0.2, 0.25) is 0 Å². The quantitative estimate of drug-likeness (QED) is 0.257. The van der Waals surface area contributed by atoms with E-state index in [9.17, 15) is 4.79 Å². The summed E-state index contributed by atoms with van der Waals surface area (Å²) in [5.74, 6) is 0.303. The van der Waals surface area contributed by atoms with Crippen molar-refractivity contribution < 1.29 is 10.0 Å². The van der Waals surface area contributed by atoms with Gasteiger partial charge in [0.2, 0.25) is 0 Å². The third-order valence-electron chi connectivity index (χ3n) is 5.07. The van der Waals surface area contributed by atoms with Crippen molar-refractivity contribution in [3.8, 4) is 22.6 Å². The number of imidazole rings is 1. The Labute approximate surface area is 181 Å². The van der Waals surface area contributed by atoms with Crippen molar-refractivity contribution in [1.82, 2.24) is 15.0 Å². The van der Waals surface area contributed by atoms with Crippen LogP contribution in [0.3, 0.4) is 0 Å². The molecule has 1 amide bonds. The minimum Gasteiger partial charge on any atom is -0.324 e. The number of nitrogens with one attached hydrogen (secondary N) is 1. The summed E-state index contributed by atoms with van der Waals surface area (Å²) in [5, 5.41) is 8.68. The van der Waals surface area contributed by atoms with Crippen molar-refractivity contribution in [2.24, 2.45) is 0 Å². The van der Waals surface area contributed by atoms with Crippen LogP contribution >= 0.6 is 0 Å². The van der Waals surface area contributed by atoms with E-state index in [1.807, 2.05) is 54.7 Å². The zero-order valence-electron chi connectivity index (χ0n) is 17.0. The SMILES string of the molecule is O=C(C=Cc1cccc(-c2ncc(-c3ccccc3)n2CCc2ccccc2)c1)NO. The van der Waals surface area contributed by atoms with E-state index in [4.69, 9.17) is 10.2 Å². The standard InChI is InChI=1S/C26H23N3O2/c30-25(28-31)15-14-21-10-7-13-23(18-21)26-27-19-24(22-11-5-2-6-12-22)29(26)17-16-20-8-3-1-4-9-20/h1-15,18-19,31H,16-17H2,(H,28,30). The Hall–Kier alpha value is -3.96. The van der Waals surface area contributed by atoms with Crippen molar-refractivity contribution in [2.75, 3.05) is 0 Å². The zero-order chi connectivity index (χ0) is 21.5. The lowest BCUT2D eigenvalue weighted by Gasteiger charge is -2.13. The number of aryl methyl sites for hydroxylation is 1. The van der Waals surface area contributed by atoms with Crippen LogP contribution in [0.5, 0.6) is 0 Å². The van der Waals surface area contributed by atoms with Gasteiger partial charge in [0.15, 0.2) is 0 Å². The molecule has 1 aromatic heterocycles. The maximum absolute atomic E-state index is 11.3. The number of aromatic nitrogens is 2. The highest BCUT2D eigenvalue weighted by Crippen LogP contribution is 2.28. The molecule has 5 heteroatoms. The van der Waals surface area contributed by atoms with E-state index in [0.717, 1.165) is 41.2 Å². The lowest BCUT2D eigenvalue weighted by molar-refractivity contribution is -0.124. The number of hydrogen-bond donors (Lipinski definition) is 2. The third kappa shape index (κ3) is 4.97. The molecule has 154 valence electrons. The second-order valence-corrected chi connectivity index (χ2v) is 7.16. The molecule has 0 saturated carbocycles. The molecular weight excluding hydrogens is 386 g/mol. The van der Waals surface area contributed by atoms with Crippen molar-refractivity contribution in [2.45, 2.75) is 13.0 Å². The van der Waals surface area contributed by atoms with Crippen molar-refractivity contribution in [3.05, 3.63) is 108 Å². The van der Waals surface area contributed by atoms with Crippen LogP contribution < -0.4 is 5.48 Å². The van der Waals surface area contributed by atoms with E-state index >= 15 is 0 Å². The Morgan fingerprint density at radius 3 is 2.39 bits per heavy atom. The summed E-state index contributed by atoms with van der Waals surface area (Å²) >= 11 is 0. The average molecular weight is 409 g/mol. The third-order valence-corrected chi connectivity index (χ3v) is 5.07. The maximum Gasteiger partial charge on any atom is 0.267 e. The fourth-order valence-corrected chi connectivity index (χ4v) is 3.55. The van der Waals surface area contributed by atoms with Gasteiger partial charge >= 0.3 is 0 Å². The van der Waals surface area contributed by atoms with Crippen LogP contribution in [0.1, 0.15) is 11.1 Å². The lowest BCUT2D eigenvalue weighted by atomic mass is 10.1. The number of hydroxylamine groups is 1. The van der Waals surface area contributed by atoms with E-state index in [1.165, 1.54) is 11.6 Å². The molecule has 31 heavy (non-hydrogen) atoms. The summed E-state index contributed by atoms with van der Waals surface area (Å²) in [6.45, 7) is 0.788. The van der Waals surface area contributed by atoms with Crippen LogP contribution in [-0.4, -0.2) is 20.7 Å². The molecule has 0 radical (unpaired) electrons. The fourth-order valence-electron chi connectivity index (χ4n) is 3.55. The van der Waals surface area contributed by atoms with Gasteiger partial charge in [-0.1, -0.05) is 78.9 Å². The summed E-state index contributed by atoms with van der Waals surface area (Å²) in [6.07, 6.45) is 5.75. The topological polar surface area (TPSA) is 67.2 Å². The molecule has 0 fully saturated rings. The Morgan fingerprint density at radius 1 is 0.935 bits per heavy atom. The second-order valence-electron chi connectivity index (χ2n) is 7.16. The van der Waals surface area contributed by atoms with Gasteiger partial charge in [-0.05, 0) is 35.3 Å². The van der Waals surface area contributed by atoms with Crippen molar-refractivity contribution >= 4 is 12.0 Å². The predicted octanol–water partition coefficient (Wildman–Crippen LogP) is 4.98. The normalized spacial score (nSPS) is 11.0. The van der Waals surface area contributed by atoms with Gasteiger partial charge in [-0.25, -0.2) is 10.5 Å².